The van der Waals surface area contributed by atoms with Gasteiger partial charge in [-0.05, 0) is 36.5 Å². The van der Waals surface area contributed by atoms with Crippen molar-refractivity contribution in [1.29, 1.82) is 0 Å². The van der Waals surface area contributed by atoms with E-state index in [1.165, 1.54) is 49.4 Å². The van der Waals surface area contributed by atoms with E-state index in [1.54, 1.807) is 0 Å². The normalized spacial score (nSPS) is 15.0. The standard InChI is InChI=1S/C22H22N2O2S/c25-20(18-13-11-17(12-14-18)16-7-3-1-4-8-16)15-27-22-24-23-21(26-22)19-9-5-2-6-10-19/h2,5-6,9-14,16H,1,3-4,7-8,15H2. The molecule has 0 unspecified atom stereocenters. The lowest BCUT2D eigenvalue weighted by Gasteiger charge is -2.22. The summed E-state index contributed by atoms with van der Waals surface area (Å²) in [7, 11) is 0. The van der Waals surface area contributed by atoms with E-state index in [9.17, 15) is 4.79 Å². The van der Waals surface area contributed by atoms with E-state index in [2.05, 4.69) is 22.3 Å². The van der Waals surface area contributed by atoms with Crippen molar-refractivity contribution < 1.29 is 9.21 Å². The van der Waals surface area contributed by atoms with Crippen molar-refractivity contribution in [3.63, 3.8) is 0 Å². The fourth-order valence-electron chi connectivity index (χ4n) is 3.55. The molecule has 138 valence electrons. The number of carbonyl (C=O) groups is 1. The van der Waals surface area contributed by atoms with Gasteiger partial charge in [-0.3, -0.25) is 4.79 Å². The second kappa shape index (κ2) is 8.53. The first-order chi connectivity index (χ1) is 13.3. The highest BCUT2D eigenvalue weighted by Gasteiger charge is 2.16. The van der Waals surface area contributed by atoms with Crippen LogP contribution in [0.2, 0.25) is 0 Å². The van der Waals surface area contributed by atoms with Crippen molar-refractivity contribution in [3.8, 4) is 11.5 Å². The highest BCUT2D eigenvalue weighted by molar-refractivity contribution is 7.99. The Morgan fingerprint density at radius 2 is 1.70 bits per heavy atom. The number of carbonyl (C=O) groups excluding carboxylic acids is 1. The zero-order valence-corrected chi connectivity index (χ0v) is 16.0. The smallest absolute Gasteiger partial charge is 0.277 e. The number of aromatic nitrogens is 2. The van der Waals surface area contributed by atoms with Crippen LogP contribution in [0.15, 0.2) is 64.2 Å². The van der Waals surface area contributed by atoms with Gasteiger partial charge in [0.05, 0.1) is 5.75 Å². The first-order valence-electron chi connectivity index (χ1n) is 9.44. The molecule has 0 N–H and O–H groups in total. The Balaban J connectivity index is 1.35. The minimum atomic E-state index is 0.0784. The number of thioether (sulfide) groups is 1. The fraction of sp³-hybridized carbons (Fsp3) is 0.318. The third-order valence-electron chi connectivity index (χ3n) is 5.06. The van der Waals surface area contributed by atoms with E-state index < -0.39 is 0 Å². The number of hydrogen-bond acceptors (Lipinski definition) is 5. The van der Waals surface area contributed by atoms with Gasteiger partial charge >= 0.3 is 0 Å². The molecule has 1 saturated carbocycles. The van der Waals surface area contributed by atoms with Gasteiger partial charge in [0.2, 0.25) is 5.89 Å². The van der Waals surface area contributed by atoms with Crippen LogP contribution in [-0.4, -0.2) is 21.7 Å². The molecule has 1 aromatic heterocycles. The minimum Gasteiger partial charge on any atom is -0.411 e. The Morgan fingerprint density at radius 3 is 2.44 bits per heavy atom. The molecule has 0 saturated heterocycles. The topological polar surface area (TPSA) is 56.0 Å². The predicted molar refractivity (Wildman–Crippen MR) is 107 cm³/mol. The van der Waals surface area contributed by atoms with Crippen LogP contribution in [-0.2, 0) is 0 Å². The summed E-state index contributed by atoms with van der Waals surface area (Å²) in [4.78, 5) is 12.5. The molecule has 4 rings (SSSR count). The lowest BCUT2D eigenvalue weighted by molar-refractivity contribution is 0.102. The maximum absolute atomic E-state index is 12.5. The third-order valence-corrected chi connectivity index (χ3v) is 5.88. The Bertz CT molecular complexity index is 884. The van der Waals surface area contributed by atoms with Crippen molar-refractivity contribution >= 4 is 17.5 Å². The molecular formula is C22H22N2O2S. The zero-order chi connectivity index (χ0) is 18.5. The molecule has 1 aliphatic carbocycles. The van der Waals surface area contributed by atoms with E-state index in [1.807, 2.05) is 42.5 Å². The quantitative estimate of drug-likeness (QED) is 0.403. The van der Waals surface area contributed by atoms with Gasteiger partial charge in [-0.2, -0.15) is 0 Å². The Hall–Kier alpha value is -2.40. The highest BCUT2D eigenvalue weighted by atomic mass is 32.2. The molecule has 1 aliphatic rings. The molecule has 0 radical (unpaired) electrons. The van der Waals surface area contributed by atoms with E-state index >= 15 is 0 Å². The lowest BCUT2D eigenvalue weighted by atomic mass is 9.84. The predicted octanol–water partition coefficient (Wildman–Crippen LogP) is 5.76. The summed E-state index contributed by atoms with van der Waals surface area (Å²) in [6.07, 6.45) is 6.52. The van der Waals surface area contributed by atoms with Crippen molar-refractivity contribution in [3.05, 3.63) is 65.7 Å². The number of nitrogens with zero attached hydrogens (tertiary/aromatic N) is 2. The SMILES string of the molecule is O=C(CSc1nnc(-c2ccccc2)o1)c1ccc(C2CCCCC2)cc1. The largest absolute Gasteiger partial charge is 0.411 e. The summed E-state index contributed by atoms with van der Waals surface area (Å²) in [6.45, 7) is 0. The zero-order valence-electron chi connectivity index (χ0n) is 15.1. The van der Waals surface area contributed by atoms with Gasteiger partial charge in [-0.15, -0.1) is 10.2 Å². The van der Waals surface area contributed by atoms with Crippen LogP contribution in [0.25, 0.3) is 11.5 Å². The molecule has 0 spiro atoms. The minimum absolute atomic E-state index is 0.0784. The van der Waals surface area contributed by atoms with Gasteiger partial charge in [-0.1, -0.05) is 73.5 Å². The molecular weight excluding hydrogens is 356 g/mol. The molecule has 3 aromatic rings. The van der Waals surface area contributed by atoms with E-state index in [4.69, 9.17) is 4.42 Å². The van der Waals surface area contributed by atoms with Gasteiger partial charge in [-0.25, -0.2) is 0 Å². The monoisotopic (exact) mass is 378 g/mol. The van der Waals surface area contributed by atoms with E-state index in [0.29, 0.717) is 22.8 Å². The van der Waals surface area contributed by atoms with Crippen molar-refractivity contribution in [2.75, 3.05) is 5.75 Å². The first kappa shape index (κ1) is 18.0. The van der Waals surface area contributed by atoms with E-state index in [-0.39, 0.29) is 5.78 Å². The lowest BCUT2D eigenvalue weighted by Crippen LogP contribution is -2.06. The van der Waals surface area contributed by atoms with Crippen LogP contribution < -0.4 is 0 Å². The Kier molecular flexibility index (Phi) is 5.68. The molecule has 1 fully saturated rings. The molecule has 0 aliphatic heterocycles. The van der Waals surface area contributed by atoms with Gasteiger partial charge in [0.15, 0.2) is 5.78 Å². The summed E-state index contributed by atoms with van der Waals surface area (Å²) < 4.78 is 5.64. The number of ketones is 1. The number of rotatable bonds is 6. The van der Waals surface area contributed by atoms with Crippen LogP contribution in [0.5, 0.6) is 0 Å². The molecule has 2 aromatic carbocycles. The molecule has 0 atom stereocenters. The average Bonchev–Trinajstić information content (AvgIpc) is 3.22. The Labute approximate surface area is 163 Å². The highest BCUT2D eigenvalue weighted by Crippen LogP contribution is 2.32. The maximum atomic E-state index is 12.5. The van der Waals surface area contributed by atoms with Crippen LogP contribution in [0.4, 0.5) is 0 Å². The van der Waals surface area contributed by atoms with Gasteiger partial charge in [0.1, 0.15) is 0 Å². The van der Waals surface area contributed by atoms with Crippen molar-refractivity contribution in [2.45, 2.75) is 43.2 Å². The first-order valence-corrected chi connectivity index (χ1v) is 10.4. The van der Waals surface area contributed by atoms with Crippen LogP contribution >= 0.6 is 11.8 Å². The second-order valence-electron chi connectivity index (χ2n) is 6.91. The van der Waals surface area contributed by atoms with Gasteiger partial charge < -0.3 is 4.42 Å². The number of hydrogen-bond donors (Lipinski definition) is 0. The molecule has 1 heterocycles. The average molecular weight is 378 g/mol. The van der Waals surface area contributed by atoms with Crippen LogP contribution in [0.1, 0.15) is 53.9 Å². The molecule has 0 amide bonds. The van der Waals surface area contributed by atoms with Crippen molar-refractivity contribution in [1.82, 2.24) is 10.2 Å². The summed E-state index contributed by atoms with van der Waals surface area (Å²) >= 11 is 1.28. The fourth-order valence-corrected chi connectivity index (χ4v) is 4.21. The molecule has 4 nitrogen and oxygen atoms in total. The summed E-state index contributed by atoms with van der Waals surface area (Å²) in [5, 5.41) is 8.50. The van der Waals surface area contributed by atoms with Gasteiger partial charge in [0.25, 0.3) is 5.22 Å². The summed E-state index contributed by atoms with van der Waals surface area (Å²) in [5.41, 5.74) is 2.98. The number of Topliss-reactive ketones (excluding diaryl/α,β-unsaturated/α-hetero) is 1. The van der Waals surface area contributed by atoms with Crippen LogP contribution in [0, 0.1) is 0 Å². The molecule has 27 heavy (non-hydrogen) atoms. The third kappa shape index (κ3) is 4.48. The second-order valence-corrected chi connectivity index (χ2v) is 7.83. The van der Waals surface area contributed by atoms with E-state index in [0.717, 1.165) is 11.1 Å². The van der Waals surface area contributed by atoms with Crippen LogP contribution in [0.3, 0.4) is 0 Å². The Morgan fingerprint density at radius 1 is 0.963 bits per heavy atom. The molecule has 0 bridgehead atoms. The molecule has 5 heteroatoms. The van der Waals surface area contributed by atoms with Crippen molar-refractivity contribution in [2.24, 2.45) is 0 Å². The summed E-state index contributed by atoms with van der Waals surface area (Å²) in [6, 6.07) is 17.8. The van der Waals surface area contributed by atoms with Gasteiger partial charge in [0, 0.05) is 11.1 Å². The summed E-state index contributed by atoms with van der Waals surface area (Å²) in [5.74, 6) is 1.50. The maximum Gasteiger partial charge on any atom is 0.277 e. The number of benzene rings is 2.